The fourth-order valence-corrected chi connectivity index (χ4v) is 3.23. The Labute approximate surface area is 188 Å². The number of cyclic esters (lactones) is 1. The average molecular weight is 448 g/mol. The van der Waals surface area contributed by atoms with Gasteiger partial charge in [-0.3, -0.25) is 9.59 Å². The van der Waals surface area contributed by atoms with Crippen molar-refractivity contribution >= 4 is 24.0 Å². The van der Waals surface area contributed by atoms with Gasteiger partial charge in [0.25, 0.3) is 5.91 Å². The number of amides is 4. The minimum Gasteiger partial charge on any atom is -0.447 e. The minimum atomic E-state index is -0.998. The number of imide groups is 1. The van der Waals surface area contributed by atoms with Crippen LogP contribution >= 0.6 is 0 Å². The molecule has 0 unspecified atom stereocenters. The van der Waals surface area contributed by atoms with Crippen molar-refractivity contribution < 1.29 is 28.7 Å². The molecule has 0 bridgehead atoms. The fourth-order valence-electron chi connectivity index (χ4n) is 3.23. The van der Waals surface area contributed by atoms with Crippen molar-refractivity contribution in [3.63, 3.8) is 0 Å². The van der Waals surface area contributed by atoms with Crippen molar-refractivity contribution in [2.24, 2.45) is 5.92 Å². The van der Waals surface area contributed by atoms with Crippen molar-refractivity contribution in [2.45, 2.75) is 65.1 Å². The lowest BCUT2D eigenvalue weighted by atomic mass is 9.97. The number of hydrogen-bond donors (Lipinski definition) is 2. The molecule has 3 atom stereocenters. The number of nitrogens with one attached hydrogen (secondary N) is 2. The van der Waals surface area contributed by atoms with Crippen molar-refractivity contribution in [1.29, 1.82) is 0 Å². The molecule has 1 aromatic rings. The monoisotopic (exact) mass is 447 g/mol. The van der Waals surface area contributed by atoms with Gasteiger partial charge >= 0.3 is 12.2 Å². The van der Waals surface area contributed by atoms with Gasteiger partial charge in [-0.1, -0.05) is 50.6 Å². The van der Waals surface area contributed by atoms with E-state index in [-0.39, 0.29) is 25.5 Å². The molecule has 1 aromatic carbocycles. The molecule has 0 aromatic heterocycles. The number of benzene rings is 1. The van der Waals surface area contributed by atoms with Crippen LogP contribution in [-0.2, 0) is 25.5 Å². The molecular formula is C23H33N3O6. The van der Waals surface area contributed by atoms with Crippen molar-refractivity contribution in [2.75, 3.05) is 13.2 Å². The normalized spacial score (nSPS) is 16.5. The van der Waals surface area contributed by atoms with E-state index in [1.165, 1.54) is 0 Å². The van der Waals surface area contributed by atoms with E-state index in [0.29, 0.717) is 6.42 Å². The van der Waals surface area contributed by atoms with E-state index in [1.807, 2.05) is 44.2 Å². The summed E-state index contributed by atoms with van der Waals surface area (Å²) in [6.07, 6.45) is -0.641. The van der Waals surface area contributed by atoms with Crippen LogP contribution in [0.1, 0.15) is 46.6 Å². The molecule has 2 N–H and O–H groups in total. The van der Waals surface area contributed by atoms with Gasteiger partial charge in [-0.2, -0.15) is 0 Å². The van der Waals surface area contributed by atoms with E-state index in [0.717, 1.165) is 10.5 Å². The number of nitrogens with zero attached hydrogens (tertiary/aromatic N) is 1. The zero-order chi connectivity index (χ0) is 23.9. The van der Waals surface area contributed by atoms with E-state index in [9.17, 15) is 19.2 Å². The molecule has 176 valence electrons. The predicted molar refractivity (Wildman–Crippen MR) is 118 cm³/mol. The second-order valence-electron chi connectivity index (χ2n) is 8.86. The van der Waals surface area contributed by atoms with Gasteiger partial charge in [-0.25, -0.2) is 14.5 Å². The fraction of sp³-hybridized carbons (Fsp3) is 0.565. The Morgan fingerprint density at radius 3 is 2.34 bits per heavy atom. The van der Waals surface area contributed by atoms with Gasteiger partial charge in [0.15, 0.2) is 0 Å². The summed E-state index contributed by atoms with van der Waals surface area (Å²) < 4.78 is 10.2. The highest BCUT2D eigenvalue weighted by atomic mass is 16.6. The highest BCUT2D eigenvalue weighted by Gasteiger charge is 2.36. The zero-order valence-corrected chi connectivity index (χ0v) is 19.3. The summed E-state index contributed by atoms with van der Waals surface area (Å²) >= 11 is 0. The van der Waals surface area contributed by atoms with Crippen LogP contribution in [-0.4, -0.2) is 59.7 Å². The lowest BCUT2D eigenvalue weighted by Gasteiger charge is -2.28. The van der Waals surface area contributed by atoms with Crippen molar-refractivity contribution in [1.82, 2.24) is 15.5 Å². The Hall–Kier alpha value is -3.10. The highest BCUT2D eigenvalue weighted by molar-refractivity contribution is 5.98. The third-order valence-corrected chi connectivity index (χ3v) is 5.09. The van der Waals surface area contributed by atoms with E-state index in [4.69, 9.17) is 9.47 Å². The molecule has 9 heteroatoms. The second kappa shape index (κ2) is 11.0. The molecule has 4 amide bonds. The highest BCUT2D eigenvalue weighted by Crippen LogP contribution is 2.14. The Balaban J connectivity index is 2.21. The van der Waals surface area contributed by atoms with Gasteiger partial charge in [-0.15, -0.1) is 0 Å². The van der Waals surface area contributed by atoms with Crippen LogP contribution in [0, 0.1) is 5.92 Å². The molecule has 1 saturated heterocycles. The van der Waals surface area contributed by atoms with E-state index < -0.39 is 41.7 Å². The molecule has 0 spiro atoms. The van der Waals surface area contributed by atoms with E-state index in [2.05, 4.69) is 10.6 Å². The molecular weight excluding hydrogens is 414 g/mol. The summed E-state index contributed by atoms with van der Waals surface area (Å²) in [6.45, 7) is 9.16. The van der Waals surface area contributed by atoms with Gasteiger partial charge in [-0.05, 0) is 32.3 Å². The first kappa shape index (κ1) is 25.2. The summed E-state index contributed by atoms with van der Waals surface area (Å²) in [5, 5.41) is 5.36. The number of rotatable bonds is 8. The molecule has 32 heavy (non-hydrogen) atoms. The number of alkyl carbamates (subject to hydrolysis) is 1. The first-order valence-corrected chi connectivity index (χ1v) is 10.8. The number of hydrogen-bond acceptors (Lipinski definition) is 6. The first-order valence-electron chi connectivity index (χ1n) is 10.8. The Bertz CT molecular complexity index is 821. The lowest BCUT2D eigenvalue weighted by Crippen LogP contribution is -2.57. The maximum absolute atomic E-state index is 13.2. The van der Waals surface area contributed by atoms with E-state index in [1.54, 1.807) is 20.8 Å². The summed E-state index contributed by atoms with van der Waals surface area (Å²) in [5.74, 6) is -1.29. The molecule has 0 aliphatic carbocycles. The van der Waals surface area contributed by atoms with Gasteiger partial charge in [0.05, 0.1) is 6.54 Å². The van der Waals surface area contributed by atoms with Gasteiger partial charge < -0.3 is 20.1 Å². The van der Waals surface area contributed by atoms with Crippen LogP contribution < -0.4 is 10.6 Å². The van der Waals surface area contributed by atoms with Crippen LogP contribution in [0.15, 0.2) is 30.3 Å². The largest absolute Gasteiger partial charge is 0.447 e. The molecule has 1 heterocycles. The Morgan fingerprint density at radius 1 is 1.16 bits per heavy atom. The SMILES string of the molecule is CC[C@H](C)[C@H](NC(=O)OC(C)(C)C)C(=O)N[C@@H](Cc1ccccc1)C(=O)N1CCOC1=O. The maximum atomic E-state index is 13.2. The molecule has 0 radical (unpaired) electrons. The third-order valence-electron chi connectivity index (χ3n) is 5.09. The smallest absolute Gasteiger partial charge is 0.416 e. The molecule has 1 fully saturated rings. The van der Waals surface area contributed by atoms with Crippen LogP contribution in [0.5, 0.6) is 0 Å². The molecule has 1 aliphatic heterocycles. The van der Waals surface area contributed by atoms with Crippen LogP contribution in [0.2, 0.25) is 0 Å². The average Bonchev–Trinajstić information content (AvgIpc) is 3.15. The standard InChI is InChI=1S/C23H33N3O6/c1-6-15(2)18(25-21(29)32-23(3,4)5)19(27)24-17(14-16-10-8-7-9-11-16)20(28)26-12-13-31-22(26)30/h7-11,15,17-18H,6,12-14H2,1-5H3,(H,24,27)(H,25,29)/t15-,17-,18-/m0/s1. The van der Waals surface area contributed by atoms with Crippen LogP contribution in [0.3, 0.4) is 0 Å². The maximum Gasteiger partial charge on any atom is 0.416 e. The Morgan fingerprint density at radius 2 is 1.81 bits per heavy atom. The quantitative estimate of drug-likeness (QED) is 0.633. The summed E-state index contributed by atoms with van der Waals surface area (Å²) in [4.78, 5) is 51.5. The first-order chi connectivity index (χ1) is 15.0. The number of carbonyl (C=O) groups excluding carboxylic acids is 4. The summed E-state index contributed by atoms with van der Waals surface area (Å²) in [7, 11) is 0. The molecule has 0 saturated carbocycles. The molecule has 9 nitrogen and oxygen atoms in total. The summed E-state index contributed by atoms with van der Waals surface area (Å²) in [5.41, 5.74) is 0.0987. The van der Waals surface area contributed by atoms with Crippen LogP contribution in [0.4, 0.5) is 9.59 Å². The second-order valence-corrected chi connectivity index (χ2v) is 8.86. The number of ether oxygens (including phenoxy) is 2. The van der Waals surface area contributed by atoms with Gasteiger partial charge in [0.2, 0.25) is 5.91 Å². The predicted octanol–water partition coefficient (Wildman–Crippen LogP) is 2.63. The Kier molecular flexibility index (Phi) is 8.63. The third kappa shape index (κ3) is 7.25. The molecule has 2 rings (SSSR count). The van der Waals surface area contributed by atoms with Crippen LogP contribution in [0.25, 0.3) is 0 Å². The van der Waals surface area contributed by atoms with Gasteiger partial charge in [0.1, 0.15) is 24.3 Å². The van der Waals surface area contributed by atoms with E-state index >= 15 is 0 Å². The van der Waals surface area contributed by atoms with Crippen molar-refractivity contribution in [3.05, 3.63) is 35.9 Å². The van der Waals surface area contributed by atoms with Gasteiger partial charge in [0, 0.05) is 6.42 Å². The zero-order valence-electron chi connectivity index (χ0n) is 19.3. The molecule has 1 aliphatic rings. The lowest BCUT2D eigenvalue weighted by molar-refractivity contribution is -0.134. The minimum absolute atomic E-state index is 0.117. The number of carbonyl (C=O) groups is 4. The summed E-state index contributed by atoms with van der Waals surface area (Å²) in [6, 6.07) is 7.26. The topological polar surface area (TPSA) is 114 Å². The van der Waals surface area contributed by atoms with Crippen molar-refractivity contribution in [3.8, 4) is 0 Å².